The molecular formula is C11H11N5OS. The number of benzene rings is 1. The number of tetrazole rings is 1. The van der Waals surface area contributed by atoms with Crippen LogP contribution in [-0.4, -0.2) is 31.9 Å². The van der Waals surface area contributed by atoms with E-state index in [1.54, 1.807) is 16.8 Å². The van der Waals surface area contributed by atoms with E-state index in [-0.39, 0.29) is 6.61 Å². The van der Waals surface area contributed by atoms with Crippen LogP contribution in [0.2, 0.25) is 0 Å². The first-order chi connectivity index (χ1) is 8.83. The average molecular weight is 261 g/mol. The number of hydrogen-bond acceptors (Lipinski definition) is 6. The Morgan fingerprint density at radius 3 is 2.78 bits per heavy atom. The monoisotopic (exact) mass is 261 g/mol. The third kappa shape index (κ3) is 3.06. The fourth-order valence-corrected chi connectivity index (χ4v) is 2.22. The fraction of sp³-hybridized carbons (Fsp3) is 0.273. The summed E-state index contributed by atoms with van der Waals surface area (Å²) in [5, 5.41) is 29.4. The molecule has 92 valence electrons. The quantitative estimate of drug-likeness (QED) is 0.802. The van der Waals surface area contributed by atoms with Gasteiger partial charge in [0.05, 0.1) is 24.8 Å². The number of aliphatic hydroxyl groups is 1. The van der Waals surface area contributed by atoms with Crippen LogP contribution in [0.15, 0.2) is 29.4 Å². The van der Waals surface area contributed by atoms with E-state index in [0.29, 0.717) is 17.3 Å². The fourth-order valence-electron chi connectivity index (χ4n) is 1.36. The third-order valence-electron chi connectivity index (χ3n) is 2.26. The first-order valence-electron chi connectivity index (χ1n) is 5.32. The number of nitriles is 1. The second-order valence-electron chi connectivity index (χ2n) is 3.51. The zero-order valence-corrected chi connectivity index (χ0v) is 10.3. The first kappa shape index (κ1) is 12.5. The highest BCUT2D eigenvalue weighted by Gasteiger charge is 2.06. The molecule has 0 unspecified atom stereocenters. The molecule has 0 fully saturated rings. The standard InChI is InChI=1S/C11H11N5OS/c12-7-9-1-3-10(4-2-9)8-18-11-13-14-15-16(11)5-6-17/h1-4,17H,5-6,8H2. The molecule has 0 spiro atoms. The lowest BCUT2D eigenvalue weighted by Crippen LogP contribution is -2.05. The van der Waals surface area contributed by atoms with Crippen LogP contribution in [0.1, 0.15) is 11.1 Å². The maximum absolute atomic E-state index is 8.85. The first-order valence-corrected chi connectivity index (χ1v) is 6.31. The van der Waals surface area contributed by atoms with Gasteiger partial charge in [-0.25, -0.2) is 4.68 Å². The van der Waals surface area contributed by atoms with E-state index in [0.717, 1.165) is 11.3 Å². The maximum Gasteiger partial charge on any atom is 0.209 e. The van der Waals surface area contributed by atoms with Gasteiger partial charge >= 0.3 is 0 Å². The van der Waals surface area contributed by atoms with Gasteiger partial charge in [0.15, 0.2) is 0 Å². The molecule has 2 aromatic rings. The molecule has 0 bridgehead atoms. The van der Waals surface area contributed by atoms with Crippen LogP contribution in [0, 0.1) is 11.3 Å². The minimum atomic E-state index is 0.00939. The lowest BCUT2D eigenvalue weighted by Gasteiger charge is -2.02. The molecule has 0 aliphatic rings. The Kier molecular flexibility index (Phi) is 4.28. The SMILES string of the molecule is N#Cc1ccc(CSc2nnnn2CCO)cc1. The highest BCUT2D eigenvalue weighted by Crippen LogP contribution is 2.19. The Hall–Kier alpha value is -1.91. The minimum absolute atomic E-state index is 0.00939. The molecule has 0 atom stereocenters. The third-order valence-corrected chi connectivity index (χ3v) is 3.29. The summed E-state index contributed by atoms with van der Waals surface area (Å²) < 4.78 is 1.56. The van der Waals surface area contributed by atoms with Crippen molar-refractivity contribution in [2.24, 2.45) is 0 Å². The zero-order valence-electron chi connectivity index (χ0n) is 9.52. The van der Waals surface area contributed by atoms with Crippen molar-refractivity contribution in [3.05, 3.63) is 35.4 Å². The van der Waals surface area contributed by atoms with E-state index < -0.39 is 0 Å². The number of aromatic nitrogens is 4. The van der Waals surface area contributed by atoms with Crippen molar-refractivity contribution in [2.45, 2.75) is 17.5 Å². The Labute approximate surface area is 108 Å². The average Bonchev–Trinajstić information content (AvgIpc) is 2.85. The van der Waals surface area contributed by atoms with Gasteiger partial charge in [-0.3, -0.25) is 0 Å². The molecule has 2 rings (SSSR count). The van der Waals surface area contributed by atoms with Crippen molar-refractivity contribution >= 4 is 11.8 Å². The van der Waals surface area contributed by atoms with E-state index in [1.807, 2.05) is 12.1 Å². The van der Waals surface area contributed by atoms with Crippen molar-refractivity contribution < 1.29 is 5.11 Å². The van der Waals surface area contributed by atoms with Crippen molar-refractivity contribution in [1.29, 1.82) is 5.26 Å². The maximum atomic E-state index is 8.85. The summed E-state index contributed by atoms with van der Waals surface area (Å²) in [5.41, 5.74) is 1.74. The molecule has 0 aliphatic carbocycles. The Morgan fingerprint density at radius 1 is 1.33 bits per heavy atom. The van der Waals surface area contributed by atoms with Gasteiger partial charge in [0.25, 0.3) is 0 Å². The highest BCUT2D eigenvalue weighted by molar-refractivity contribution is 7.98. The van der Waals surface area contributed by atoms with Gasteiger partial charge in [0.1, 0.15) is 0 Å². The number of hydrogen-bond donors (Lipinski definition) is 1. The van der Waals surface area contributed by atoms with E-state index in [2.05, 4.69) is 21.6 Å². The highest BCUT2D eigenvalue weighted by atomic mass is 32.2. The smallest absolute Gasteiger partial charge is 0.209 e. The summed E-state index contributed by atoms with van der Waals surface area (Å²) in [7, 11) is 0. The second kappa shape index (κ2) is 6.14. The lowest BCUT2D eigenvalue weighted by atomic mass is 10.2. The lowest BCUT2D eigenvalue weighted by molar-refractivity contribution is 0.262. The van der Waals surface area contributed by atoms with Crippen LogP contribution < -0.4 is 0 Å². The molecule has 6 nitrogen and oxygen atoms in total. The van der Waals surface area contributed by atoms with Gasteiger partial charge in [0.2, 0.25) is 5.16 Å². The van der Waals surface area contributed by atoms with Gasteiger partial charge in [-0.2, -0.15) is 5.26 Å². The Balaban J connectivity index is 1.98. The van der Waals surface area contributed by atoms with Crippen molar-refractivity contribution in [1.82, 2.24) is 20.2 Å². The van der Waals surface area contributed by atoms with E-state index >= 15 is 0 Å². The summed E-state index contributed by atoms with van der Waals surface area (Å²) >= 11 is 1.49. The predicted octanol–water partition coefficient (Wildman–Crippen LogP) is 0.829. The van der Waals surface area contributed by atoms with Gasteiger partial charge in [-0.05, 0) is 28.1 Å². The van der Waals surface area contributed by atoms with Gasteiger partial charge in [0, 0.05) is 5.75 Å². The van der Waals surface area contributed by atoms with E-state index in [1.165, 1.54) is 11.8 Å². The molecule has 7 heteroatoms. The number of nitrogens with zero attached hydrogens (tertiary/aromatic N) is 5. The molecule has 0 saturated carbocycles. The van der Waals surface area contributed by atoms with E-state index in [4.69, 9.17) is 10.4 Å². The number of aliphatic hydroxyl groups excluding tert-OH is 1. The molecule has 1 aromatic carbocycles. The van der Waals surface area contributed by atoms with Crippen molar-refractivity contribution in [2.75, 3.05) is 6.61 Å². The molecule has 18 heavy (non-hydrogen) atoms. The van der Waals surface area contributed by atoms with Gasteiger partial charge < -0.3 is 5.11 Å². The van der Waals surface area contributed by atoms with Crippen molar-refractivity contribution in [3.8, 4) is 6.07 Å². The molecular weight excluding hydrogens is 250 g/mol. The Bertz CT molecular complexity index is 545. The summed E-state index contributed by atoms with van der Waals surface area (Å²) in [6, 6.07) is 9.46. The largest absolute Gasteiger partial charge is 0.394 e. The molecule has 0 amide bonds. The molecule has 0 saturated heterocycles. The molecule has 1 heterocycles. The topological polar surface area (TPSA) is 87.6 Å². The zero-order chi connectivity index (χ0) is 12.8. The van der Waals surface area contributed by atoms with Crippen LogP contribution in [0.25, 0.3) is 0 Å². The summed E-state index contributed by atoms with van der Waals surface area (Å²) in [6.07, 6.45) is 0. The molecule has 0 radical (unpaired) electrons. The number of rotatable bonds is 5. The minimum Gasteiger partial charge on any atom is -0.394 e. The molecule has 1 aromatic heterocycles. The van der Waals surface area contributed by atoms with Gasteiger partial charge in [-0.15, -0.1) is 5.10 Å². The summed E-state index contributed by atoms with van der Waals surface area (Å²) in [5.74, 6) is 0.720. The van der Waals surface area contributed by atoms with Crippen LogP contribution in [0.5, 0.6) is 0 Å². The van der Waals surface area contributed by atoms with Crippen LogP contribution in [0.3, 0.4) is 0 Å². The van der Waals surface area contributed by atoms with Crippen LogP contribution in [-0.2, 0) is 12.3 Å². The van der Waals surface area contributed by atoms with Crippen molar-refractivity contribution in [3.63, 3.8) is 0 Å². The Morgan fingerprint density at radius 2 is 2.11 bits per heavy atom. The van der Waals surface area contributed by atoms with Crippen LogP contribution in [0.4, 0.5) is 0 Å². The van der Waals surface area contributed by atoms with Gasteiger partial charge in [-0.1, -0.05) is 23.9 Å². The molecule has 0 aliphatic heterocycles. The van der Waals surface area contributed by atoms with E-state index in [9.17, 15) is 0 Å². The predicted molar refractivity (Wildman–Crippen MR) is 65.6 cm³/mol. The normalized spacial score (nSPS) is 10.2. The summed E-state index contributed by atoms with van der Waals surface area (Å²) in [4.78, 5) is 0. The summed E-state index contributed by atoms with van der Waals surface area (Å²) in [6.45, 7) is 0.401. The molecule has 1 N–H and O–H groups in total. The second-order valence-corrected chi connectivity index (χ2v) is 4.45. The van der Waals surface area contributed by atoms with Crippen LogP contribution >= 0.6 is 11.8 Å². The number of thioether (sulfide) groups is 1.